The summed E-state index contributed by atoms with van der Waals surface area (Å²) in [5.74, 6) is -1.05. The number of nitrogens with zero attached hydrogens (tertiary/aromatic N) is 2. The molecule has 0 heterocycles. The maximum Gasteiger partial charge on any atom is 0.264 e. The summed E-state index contributed by atoms with van der Waals surface area (Å²) in [6, 6.07) is 16.9. The van der Waals surface area contributed by atoms with Gasteiger partial charge >= 0.3 is 0 Å². The molecule has 3 aromatic rings. The zero-order valence-corrected chi connectivity index (χ0v) is 24.5. The molecule has 2 amide bonds. The summed E-state index contributed by atoms with van der Waals surface area (Å²) in [6.45, 7) is 0.967. The van der Waals surface area contributed by atoms with Crippen LogP contribution in [-0.2, 0) is 26.2 Å². The van der Waals surface area contributed by atoms with Crippen LogP contribution in [0, 0.1) is 5.82 Å². The highest BCUT2D eigenvalue weighted by molar-refractivity contribution is 7.92. The maximum absolute atomic E-state index is 14.0. The zero-order chi connectivity index (χ0) is 29.6. The third-order valence-corrected chi connectivity index (χ3v) is 9.25. The molecule has 1 atom stereocenters. The number of hydrogen-bond acceptors (Lipinski definition) is 5. The van der Waals surface area contributed by atoms with Crippen LogP contribution in [0.2, 0.25) is 5.02 Å². The third kappa shape index (κ3) is 7.37. The molecule has 0 spiro atoms. The van der Waals surface area contributed by atoms with Gasteiger partial charge in [-0.05, 0) is 67.8 Å². The maximum atomic E-state index is 14.0. The Balaban J connectivity index is 1.70. The Hall–Kier alpha value is -3.63. The Morgan fingerprint density at radius 2 is 1.71 bits per heavy atom. The van der Waals surface area contributed by atoms with Gasteiger partial charge in [0.2, 0.25) is 11.8 Å². The SMILES string of the molecule is COc1ccc(N(CC(=O)N(Cc2ccc(F)cc2)C(C)C(=O)NC2CCCC2)S(=O)(=O)c2ccccc2)cc1Cl. The summed E-state index contributed by atoms with van der Waals surface area (Å²) >= 11 is 6.34. The number of hydrogen-bond donors (Lipinski definition) is 1. The number of halogens is 2. The quantitative estimate of drug-likeness (QED) is 0.328. The van der Waals surface area contributed by atoms with E-state index < -0.39 is 34.3 Å². The first-order valence-corrected chi connectivity index (χ1v) is 15.2. The number of methoxy groups -OCH3 is 1. The Kier molecular flexibility index (Phi) is 9.88. The van der Waals surface area contributed by atoms with Gasteiger partial charge in [-0.25, -0.2) is 12.8 Å². The van der Waals surface area contributed by atoms with Crippen molar-refractivity contribution < 1.29 is 27.1 Å². The van der Waals surface area contributed by atoms with Gasteiger partial charge in [-0.1, -0.05) is 54.8 Å². The average molecular weight is 602 g/mol. The monoisotopic (exact) mass is 601 g/mol. The molecule has 0 aliphatic heterocycles. The van der Waals surface area contributed by atoms with Crippen molar-refractivity contribution in [1.29, 1.82) is 0 Å². The molecule has 41 heavy (non-hydrogen) atoms. The van der Waals surface area contributed by atoms with Crippen molar-refractivity contribution in [2.24, 2.45) is 0 Å². The van der Waals surface area contributed by atoms with Crippen molar-refractivity contribution in [3.63, 3.8) is 0 Å². The molecule has 1 fully saturated rings. The Morgan fingerprint density at radius 3 is 2.32 bits per heavy atom. The van der Waals surface area contributed by atoms with Crippen LogP contribution in [0.1, 0.15) is 38.2 Å². The smallest absolute Gasteiger partial charge is 0.264 e. The molecule has 0 saturated heterocycles. The van der Waals surface area contributed by atoms with Gasteiger partial charge in [0.25, 0.3) is 10.0 Å². The molecule has 1 saturated carbocycles. The number of amides is 2. The molecule has 4 rings (SSSR count). The highest BCUT2D eigenvalue weighted by Crippen LogP contribution is 2.32. The summed E-state index contributed by atoms with van der Waals surface area (Å²) in [5.41, 5.74) is 0.739. The van der Waals surface area contributed by atoms with Crippen molar-refractivity contribution >= 4 is 39.1 Å². The number of sulfonamides is 1. The van der Waals surface area contributed by atoms with E-state index in [4.69, 9.17) is 16.3 Å². The fraction of sp³-hybridized carbons (Fsp3) is 0.333. The summed E-state index contributed by atoms with van der Waals surface area (Å²) in [5, 5.41) is 3.18. The first-order chi connectivity index (χ1) is 19.6. The van der Waals surface area contributed by atoms with Crippen LogP contribution in [0.5, 0.6) is 5.75 Å². The minimum absolute atomic E-state index is 0.0168. The molecule has 0 aromatic heterocycles. The molecule has 3 aromatic carbocycles. The Labute approximate surface area is 245 Å². The molecule has 0 radical (unpaired) electrons. The van der Waals surface area contributed by atoms with Crippen LogP contribution in [0.4, 0.5) is 10.1 Å². The van der Waals surface area contributed by atoms with E-state index in [1.807, 2.05) is 0 Å². The number of rotatable bonds is 11. The van der Waals surface area contributed by atoms with Crippen LogP contribution in [0.15, 0.2) is 77.7 Å². The van der Waals surface area contributed by atoms with Crippen molar-refractivity contribution in [3.8, 4) is 5.75 Å². The van der Waals surface area contributed by atoms with Crippen molar-refractivity contribution in [2.45, 2.75) is 56.1 Å². The second kappa shape index (κ2) is 13.4. The van der Waals surface area contributed by atoms with Crippen molar-refractivity contribution in [3.05, 3.63) is 89.2 Å². The molecule has 1 unspecified atom stereocenters. The van der Waals surface area contributed by atoms with Gasteiger partial charge in [0.1, 0.15) is 24.2 Å². The van der Waals surface area contributed by atoms with E-state index in [0.29, 0.717) is 11.3 Å². The molecule has 1 aliphatic carbocycles. The second-order valence-corrected chi connectivity index (χ2v) is 12.2. The number of carbonyl (C=O) groups excluding carboxylic acids is 2. The molecule has 1 aliphatic rings. The number of anilines is 1. The molecule has 11 heteroatoms. The lowest BCUT2D eigenvalue weighted by Crippen LogP contribution is -2.52. The number of nitrogens with one attached hydrogen (secondary N) is 1. The highest BCUT2D eigenvalue weighted by atomic mass is 35.5. The lowest BCUT2D eigenvalue weighted by Gasteiger charge is -2.32. The highest BCUT2D eigenvalue weighted by Gasteiger charge is 2.33. The van der Waals surface area contributed by atoms with Gasteiger partial charge < -0.3 is 15.0 Å². The summed E-state index contributed by atoms with van der Waals surface area (Å²) in [6.07, 6.45) is 3.78. The molecule has 1 N–H and O–H groups in total. The van der Waals surface area contributed by atoms with E-state index in [0.717, 1.165) is 30.0 Å². The Morgan fingerprint density at radius 1 is 1.05 bits per heavy atom. The molecular formula is C30H33ClFN3O5S. The van der Waals surface area contributed by atoms with Gasteiger partial charge in [-0.2, -0.15) is 0 Å². The van der Waals surface area contributed by atoms with E-state index in [-0.39, 0.29) is 34.1 Å². The van der Waals surface area contributed by atoms with Gasteiger partial charge in [-0.15, -0.1) is 0 Å². The van der Waals surface area contributed by atoms with Gasteiger partial charge in [0, 0.05) is 12.6 Å². The first-order valence-electron chi connectivity index (χ1n) is 13.4. The summed E-state index contributed by atoms with van der Waals surface area (Å²) in [7, 11) is -2.79. The lowest BCUT2D eigenvalue weighted by atomic mass is 10.1. The normalized spacial score (nSPS) is 14.3. The second-order valence-electron chi connectivity index (χ2n) is 9.96. The van der Waals surface area contributed by atoms with E-state index in [9.17, 15) is 22.4 Å². The van der Waals surface area contributed by atoms with E-state index >= 15 is 0 Å². The number of ether oxygens (including phenoxy) is 1. The predicted molar refractivity (Wildman–Crippen MR) is 156 cm³/mol. The first kappa shape index (κ1) is 30.3. The number of benzene rings is 3. The third-order valence-electron chi connectivity index (χ3n) is 7.17. The van der Waals surface area contributed by atoms with E-state index in [1.165, 1.54) is 66.6 Å². The standard InChI is InChI=1S/C30H33ClFN3O5S/c1-21(30(37)33-24-8-6-7-9-24)34(19-22-12-14-23(32)15-13-22)29(36)20-35(25-16-17-28(40-2)27(31)18-25)41(38,39)26-10-4-3-5-11-26/h3-5,10-18,21,24H,6-9,19-20H2,1-2H3,(H,33,37). The van der Waals surface area contributed by atoms with Crippen molar-refractivity contribution in [2.75, 3.05) is 18.0 Å². The molecule has 0 bridgehead atoms. The Bertz CT molecular complexity index is 1470. The largest absolute Gasteiger partial charge is 0.495 e. The molecule has 218 valence electrons. The molecular weight excluding hydrogens is 569 g/mol. The minimum atomic E-state index is -4.23. The molecule has 8 nitrogen and oxygen atoms in total. The van der Waals surface area contributed by atoms with E-state index in [1.54, 1.807) is 25.1 Å². The average Bonchev–Trinajstić information content (AvgIpc) is 3.48. The topological polar surface area (TPSA) is 96.0 Å². The minimum Gasteiger partial charge on any atom is -0.495 e. The van der Waals surface area contributed by atoms with Crippen LogP contribution in [0.25, 0.3) is 0 Å². The summed E-state index contributed by atoms with van der Waals surface area (Å²) < 4.78 is 47.5. The van der Waals surface area contributed by atoms with E-state index in [2.05, 4.69) is 5.32 Å². The van der Waals surface area contributed by atoms with Gasteiger partial charge in [0.15, 0.2) is 0 Å². The van der Waals surface area contributed by atoms with Crippen LogP contribution in [-0.4, -0.2) is 50.9 Å². The fourth-order valence-corrected chi connectivity index (χ4v) is 6.50. The van der Waals surface area contributed by atoms with Gasteiger partial charge in [-0.3, -0.25) is 13.9 Å². The lowest BCUT2D eigenvalue weighted by molar-refractivity contribution is -0.139. The predicted octanol–water partition coefficient (Wildman–Crippen LogP) is 5.16. The van der Waals surface area contributed by atoms with Crippen LogP contribution in [0.3, 0.4) is 0 Å². The summed E-state index contributed by atoms with van der Waals surface area (Å²) in [4.78, 5) is 28.5. The number of carbonyl (C=O) groups is 2. The van der Waals surface area contributed by atoms with Crippen LogP contribution < -0.4 is 14.4 Å². The van der Waals surface area contributed by atoms with Crippen molar-refractivity contribution in [1.82, 2.24) is 10.2 Å². The van der Waals surface area contributed by atoms with Crippen LogP contribution >= 0.6 is 11.6 Å². The zero-order valence-electron chi connectivity index (χ0n) is 22.9. The fourth-order valence-electron chi connectivity index (χ4n) is 4.82. The van der Waals surface area contributed by atoms with Gasteiger partial charge in [0.05, 0.1) is 22.7 Å².